The Morgan fingerprint density at radius 3 is 2.32 bits per heavy atom. The first-order valence-corrected chi connectivity index (χ1v) is 6.61. The Bertz CT molecular complexity index is 562. The molecular weight excluding hydrogens is 260 g/mol. The third kappa shape index (κ3) is 2.85. The van der Waals surface area contributed by atoms with E-state index in [1.54, 1.807) is 7.11 Å². The predicted molar refractivity (Wildman–Crippen MR) is 79.3 cm³/mol. The molecule has 0 radical (unpaired) electrons. The van der Waals surface area contributed by atoms with Gasteiger partial charge >= 0.3 is 0 Å². The van der Waals surface area contributed by atoms with Gasteiger partial charge in [0, 0.05) is 10.6 Å². The average molecular weight is 277 g/mol. The molecule has 0 saturated carbocycles. The van der Waals surface area contributed by atoms with Gasteiger partial charge in [0.15, 0.2) is 0 Å². The van der Waals surface area contributed by atoms with Crippen molar-refractivity contribution < 1.29 is 9.47 Å². The molecule has 2 rings (SSSR count). The molecule has 0 aliphatic heterocycles. The molecule has 0 heterocycles. The maximum Gasteiger partial charge on any atom is 0.127 e. The maximum atomic E-state index is 6.21. The fraction of sp³-hybridized carbons (Fsp3) is 0.250. The third-order valence-corrected chi connectivity index (χ3v) is 3.45. The summed E-state index contributed by atoms with van der Waals surface area (Å²) in [6.07, 6.45) is 0. The summed E-state index contributed by atoms with van der Waals surface area (Å²) in [5.41, 5.74) is 3.14. The number of hydrogen-bond acceptors (Lipinski definition) is 2. The minimum atomic E-state index is 0.629. The highest BCUT2D eigenvalue weighted by Gasteiger charge is 2.12. The SMILES string of the molecule is CCOc1ccc(Cl)c(C)c1-c1ccc(OC)cc1. The summed E-state index contributed by atoms with van der Waals surface area (Å²) >= 11 is 6.21. The number of ether oxygens (including phenoxy) is 2. The summed E-state index contributed by atoms with van der Waals surface area (Å²) in [6.45, 7) is 4.61. The Labute approximate surface area is 118 Å². The predicted octanol–water partition coefficient (Wildman–Crippen LogP) is 4.72. The fourth-order valence-corrected chi connectivity index (χ4v) is 2.21. The molecule has 0 aromatic heterocycles. The van der Waals surface area contributed by atoms with Crippen LogP contribution in [-0.2, 0) is 0 Å². The summed E-state index contributed by atoms with van der Waals surface area (Å²) in [6, 6.07) is 11.7. The first kappa shape index (κ1) is 13.8. The van der Waals surface area contributed by atoms with Gasteiger partial charge in [-0.25, -0.2) is 0 Å². The summed E-state index contributed by atoms with van der Waals surface area (Å²) < 4.78 is 10.9. The van der Waals surface area contributed by atoms with Crippen LogP contribution in [0.3, 0.4) is 0 Å². The van der Waals surface area contributed by atoms with Crippen molar-refractivity contribution in [3.05, 3.63) is 47.0 Å². The van der Waals surface area contributed by atoms with E-state index in [1.807, 2.05) is 50.2 Å². The largest absolute Gasteiger partial charge is 0.497 e. The van der Waals surface area contributed by atoms with E-state index in [4.69, 9.17) is 21.1 Å². The minimum Gasteiger partial charge on any atom is -0.497 e. The van der Waals surface area contributed by atoms with Crippen LogP contribution in [0.1, 0.15) is 12.5 Å². The van der Waals surface area contributed by atoms with Gasteiger partial charge in [-0.2, -0.15) is 0 Å². The zero-order valence-electron chi connectivity index (χ0n) is 11.4. The molecular formula is C16H17ClO2. The van der Waals surface area contributed by atoms with Gasteiger partial charge in [0.1, 0.15) is 11.5 Å². The highest BCUT2D eigenvalue weighted by Crippen LogP contribution is 2.37. The molecule has 0 aliphatic rings. The lowest BCUT2D eigenvalue weighted by atomic mass is 9.99. The topological polar surface area (TPSA) is 18.5 Å². The second kappa shape index (κ2) is 5.98. The van der Waals surface area contributed by atoms with E-state index in [-0.39, 0.29) is 0 Å². The minimum absolute atomic E-state index is 0.629. The number of halogens is 1. The Hall–Kier alpha value is -1.67. The van der Waals surface area contributed by atoms with Crippen LogP contribution >= 0.6 is 11.6 Å². The molecule has 0 amide bonds. The molecule has 0 unspecified atom stereocenters. The summed E-state index contributed by atoms with van der Waals surface area (Å²) in [7, 11) is 1.66. The number of hydrogen-bond donors (Lipinski definition) is 0. The molecule has 0 bridgehead atoms. The molecule has 19 heavy (non-hydrogen) atoms. The van der Waals surface area contributed by atoms with Crippen LogP contribution in [0.15, 0.2) is 36.4 Å². The van der Waals surface area contributed by atoms with E-state index in [9.17, 15) is 0 Å². The van der Waals surface area contributed by atoms with Crippen molar-refractivity contribution in [1.29, 1.82) is 0 Å². The van der Waals surface area contributed by atoms with Crippen molar-refractivity contribution in [3.8, 4) is 22.6 Å². The van der Waals surface area contributed by atoms with Gasteiger partial charge in [-0.05, 0) is 49.2 Å². The van der Waals surface area contributed by atoms with E-state index in [0.29, 0.717) is 6.61 Å². The normalized spacial score (nSPS) is 10.3. The van der Waals surface area contributed by atoms with E-state index < -0.39 is 0 Å². The Morgan fingerprint density at radius 1 is 1.05 bits per heavy atom. The van der Waals surface area contributed by atoms with Crippen LogP contribution in [0.2, 0.25) is 5.02 Å². The lowest BCUT2D eigenvalue weighted by molar-refractivity contribution is 0.341. The summed E-state index contributed by atoms with van der Waals surface area (Å²) in [4.78, 5) is 0. The van der Waals surface area contributed by atoms with Gasteiger partial charge in [0.2, 0.25) is 0 Å². The zero-order valence-corrected chi connectivity index (χ0v) is 12.1. The van der Waals surface area contributed by atoms with Gasteiger partial charge < -0.3 is 9.47 Å². The van der Waals surface area contributed by atoms with Crippen molar-refractivity contribution >= 4 is 11.6 Å². The monoisotopic (exact) mass is 276 g/mol. The van der Waals surface area contributed by atoms with Crippen molar-refractivity contribution in [1.82, 2.24) is 0 Å². The number of benzene rings is 2. The van der Waals surface area contributed by atoms with E-state index in [1.165, 1.54) is 0 Å². The van der Waals surface area contributed by atoms with Gasteiger partial charge in [0.05, 0.1) is 13.7 Å². The third-order valence-electron chi connectivity index (χ3n) is 3.04. The van der Waals surface area contributed by atoms with Crippen LogP contribution < -0.4 is 9.47 Å². The Balaban J connectivity index is 2.54. The first-order valence-electron chi connectivity index (χ1n) is 6.23. The van der Waals surface area contributed by atoms with Crippen molar-refractivity contribution in [2.45, 2.75) is 13.8 Å². The first-order chi connectivity index (χ1) is 9.17. The molecule has 2 aromatic carbocycles. The van der Waals surface area contributed by atoms with E-state index >= 15 is 0 Å². The molecule has 0 N–H and O–H groups in total. The van der Waals surface area contributed by atoms with E-state index in [2.05, 4.69) is 0 Å². The lowest BCUT2D eigenvalue weighted by Gasteiger charge is -2.14. The maximum absolute atomic E-state index is 6.21. The average Bonchev–Trinajstić information content (AvgIpc) is 2.44. The second-order valence-electron chi connectivity index (χ2n) is 4.21. The van der Waals surface area contributed by atoms with Crippen LogP contribution in [0.25, 0.3) is 11.1 Å². The van der Waals surface area contributed by atoms with Crippen LogP contribution in [0, 0.1) is 6.92 Å². The van der Waals surface area contributed by atoms with Crippen molar-refractivity contribution in [2.75, 3.05) is 13.7 Å². The zero-order chi connectivity index (χ0) is 13.8. The fourth-order valence-electron chi connectivity index (χ4n) is 2.05. The molecule has 3 heteroatoms. The molecule has 0 aliphatic carbocycles. The standard InChI is InChI=1S/C16H17ClO2/c1-4-19-15-10-9-14(17)11(2)16(15)12-5-7-13(18-3)8-6-12/h5-10H,4H2,1-3H3. The molecule has 0 fully saturated rings. The molecule has 100 valence electrons. The second-order valence-corrected chi connectivity index (χ2v) is 4.61. The molecule has 0 atom stereocenters. The highest BCUT2D eigenvalue weighted by atomic mass is 35.5. The molecule has 0 saturated heterocycles. The van der Waals surface area contributed by atoms with E-state index in [0.717, 1.165) is 33.2 Å². The molecule has 2 nitrogen and oxygen atoms in total. The highest BCUT2D eigenvalue weighted by molar-refractivity contribution is 6.31. The smallest absolute Gasteiger partial charge is 0.127 e. The van der Waals surface area contributed by atoms with Crippen LogP contribution in [-0.4, -0.2) is 13.7 Å². The molecule has 2 aromatic rings. The molecule has 0 spiro atoms. The van der Waals surface area contributed by atoms with Crippen LogP contribution in [0.5, 0.6) is 11.5 Å². The lowest BCUT2D eigenvalue weighted by Crippen LogP contribution is -1.96. The van der Waals surface area contributed by atoms with Crippen LogP contribution in [0.4, 0.5) is 0 Å². The van der Waals surface area contributed by atoms with Gasteiger partial charge in [-0.3, -0.25) is 0 Å². The van der Waals surface area contributed by atoms with Gasteiger partial charge in [0.25, 0.3) is 0 Å². The van der Waals surface area contributed by atoms with Crippen molar-refractivity contribution in [3.63, 3.8) is 0 Å². The summed E-state index contributed by atoms with van der Waals surface area (Å²) in [5, 5.41) is 0.745. The Morgan fingerprint density at radius 2 is 1.74 bits per heavy atom. The number of methoxy groups -OCH3 is 1. The van der Waals surface area contributed by atoms with Gasteiger partial charge in [-0.1, -0.05) is 23.7 Å². The van der Waals surface area contributed by atoms with Gasteiger partial charge in [-0.15, -0.1) is 0 Å². The number of rotatable bonds is 4. The quantitative estimate of drug-likeness (QED) is 0.804. The van der Waals surface area contributed by atoms with Crippen molar-refractivity contribution in [2.24, 2.45) is 0 Å². The summed E-state index contributed by atoms with van der Waals surface area (Å²) in [5.74, 6) is 1.69. The Kier molecular flexibility index (Phi) is 4.33.